The molecule has 1 N–H and O–H groups in total. The highest BCUT2D eigenvalue weighted by Gasteiger charge is 2.24. The normalized spacial score (nSPS) is 13.1. The van der Waals surface area contributed by atoms with Crippen molar-refractivity contribution in [3.63, 3.8) is 0 Å². The van der Waals surface area contributed by atoms with Gasteiger partial charge in [0.2, 0.25) is 0 Å². The van der Waals surface area contributed by atoms with E-state index in [2.05, 4.69) is 41.1 Å². The first-order chi connectivity index (χ1) is 11.7. The van der Waals surface area contributed by atoms with E-state index in [-0.39, 0.29) is 11.1 Å². The fourth-order valence-electron chi connectivity index (χ4n) is 3.47. The zero-order valence-electron chi connectivity index (χ0n) is 13.5. The van der Waals surface area contributed by atoms with Crippen molar-refractivity contribution in [1.29, 1.82) is 5.26 Å². The van der Waals surface area contributed by atoms with Gasteiger partial charge in [0.1, 0.15) is 11.6 Å². The van der Waals surface area contributed by atoms with E-state index in [9.17, 15) is 10.1 Å². The van der Waals surface area contributed by atoms with Gasteiger partial charge in [-0.25, -0.2) is 0 Å². The smallest absolute Gasteiger partial charge is 0.268 e. The number of nitrogens with one attached hydrogen (secondary N) is 1. The van der Waals surface area contributed by atoms with Crippen molar-refractivity contribution in [3.8, 4) is 6.07 Å². The first kappa shape index (κ1) is 14.5. The number of fused-ring (bicyclic) bond motifs is 2. The van der Waals surface area contributed by atoms with Gasteiger partial charge >= 0.3 is 0 Å². The average molecular weight is 315 g/mol. The fraction of sp³-hybridized carbons (Fsp3) is 0.200. The molecule has 0 fully saturated rings. The lowest BCUT2D eigenvalue weighted by atomic mass is 10.0. The van der Waals surface area contributed by atoms with Gasteiger partial charge in [-0.15, -0.1) is 0 Å². The van der Waals surface area contributed by atoms with Crippen LogP contribution in [0.5, 0.6) is 0 Å². The Kier molecular flexibility index (Phi) is 3.35. The molecule has 0 spiro atoms. The van der Waals surface area contributed by atoms with Crippen LogP contribution < -0.4 is 10.5 Å². The minimum Gasteiger partial charge on any atom is -0.361 e. The third-order valence-corrected chi connectivity index (χ3v) is 4.73. The van der Waals surface area contributed by atoms with Crippen molar-refractivity contribution in [2.45, 2.75) is 26.4 Å². The molecule has 2 aromatic carbocycles. The molecular formula is C20H17N3O. The molecule has 1 aliphatic heterocycles. The number of aromatic amines is 1. The number of nitriles is 1. The number of hydrogen-bond donors (Lipinski definition) is 1. The monoisotopic (exact) mass is 315 g/mol. The zero-order valence-corrected chi connectivity index (χ0v) is 13.5. The van der Waals surface area contributed by atoms with Crippen molar-refractivity contribution in [2.24, 2.45) is 0 Å². The van der Waals surface area contributed by atoms with Crippen LogP contribution in [0.4, 0.5) is 5.69 Å². The Labute approximate surface area is 140 Å². The minimum atomic E-state index is -0.319. The highest BCUT2D eigenvalue weighted by Crippen LogP contribution is 2.34. The third kappa shape index (κ3) is 2.17. The SMILES string of the molecule is CCc1ccc2[nH]c(=O)c(C#N)c(N3Cc4ccccc4C3)c2c1. The maximum atomic E-state index is 12.4. The molecule has 0 saturated carbocycles. The Balaban J connectivity index is 1.97. The number of aromatic nitrogens is 1. The molecule has 0 bridgehead atoms. The van der Waals surface area contributed by atoms with Crippen molar-refractivity contribution >= 4 is 16.6 Å². The molecule has 0 radical (unpaired) electrons. The van der Waals surface area contributed by atoms with Gasteiger partial charge in [0, 0.05) is 18.5 Å². The lowest BCUT2D eigenvalue weighted by Gasteiger charge is -2.21. The summed E-state index contributed by atoms with van der Waals surface area (Å²) in [6, 6.07) is 16.4. The summed E-state index contributed by atoms with van der Waals surface area (Å²) in [5.41, 5.74) is 5.10. The van der Waals surface area contributed by atoms with Crippen LogP contribution in [0.3, 0.4) is 0 Å². The van der Waals surface area contributed by atoms with Gasteiger partial charge in [-0.2, -0.15) is 5.26 Å². The van der Waals surface area contributed by atoms with E-state index < -0.39 is 0 Å². The molecule has 1 aromatic heterocycles. The molecule has 118 valence electrons. The van der Waals surface area contributed by atoms with E-state index in [1.54, 1.807) is 0 Å². The quantitative estimate of drug-likeness (QED) is 0.787. The largest absolute Gasteiger partial charge is 0.361 e. The van der Waals surface area contributed by atoms with Crippen molar-refractivity contribution < 1.29 is 0 Å². The molecule has 4 nitrogen and oxygen atoms in total. The van der Waals surface area contributed by atoms with Crippen LogP contribution in [-0.4, -0.2) is 4.98 Å². The summed E-state index contributed by atoms with van der Waals surface area (Å²) in [7, 11) is 0. The van der Waals surface area contributed by atoms with E-state index >= 15 is 0 Å². The molecule has 4 rings (SSSR count). The molecule has 24 heavy (non-hydrogen) atoms. The first-order valence-corrected chi connectivity index (χ1v) is 8.12. The zero-order chi connectivity index (χ0) is 16.7. The number of aryl methyl sites for hydroxylation is 1. The van der Waals surface area contributed by atoms with Crippen LogP contribution in [0.25, 0.3) is 10.9 Å². The molecule has 4 heteroatoms. The molecule has 0 unspecified atom stereocenters. The van der Waals surface area contributed by atoms with Crippen LogP contribution in [-0.2, 0) is 19.5 Å². The summed E-state index contributed by atoms with van der Waals surface area (Å²) >= 11 is 0. The molecule has 2 heterocycles. The second-order valence-corrected chi connectivity index (χ2v) is 6.15. The Morgan fingerprint density at radius 3 is 2.50 bits per heavy atom. The second-order valence-electron chi connectivity index (χ2n) is 6.15. The molecule has 1 aliphatic rings. The number of hydrogen-bond acceptors (Lipinski definition) is 3. The van der Waals surface area contributed by atoms with Crippen molar-refractivity contribution in [3.05, 3.63) is 75.1 Å². The highest BCUT2D eigenvalue weighted by atomic mass is 16.1. The third-order valence-electron chi connectivity index (χ3n) is 4.73. The summed E-state index contributed by atoms with van der Waals surface area (Å²) in [4.78, 5) is 17.3. The number of benzene rings is 2. The molecule has 0 aliphatic carbocycles. The summed E-state index contributed by atoms with van der Waals surface area (Å²) in [5.74, 6) is 0. The van der Waals surface area contributed by atoms with E-state index in [4.69, 9.17) is 0 Å². The van der Waals surface area contributed by atoms with Gasteiger partial charge in [-0.1, -0.05) is 37.3 Å². The maximum Gasteiger partial charge on any atom is 0.268 e. The van der Waals surface area contributed by atoms with E-state index in [0.29, 0.717) is 0 Å². The van der Waals surface area contributed by atoms with Crippen LogP contribution in [0.15, 0.2) is 47.3 Å². The average Bonchev–Trinajstić information content (AvgIpc) is 3.03. The topological polar surface area (TPSA) is 59.9 Å². The Hall–Kier alpha value is -3.06. The van der Waals surface area contributed by atoms with Crippen LogP contribution in [0, 0.1) is 11.3 Å². The summed E-state index contributed by atoms with van der Waals surface area (Å²) in [6.45, 7) is 3.54. The van der Waals surface area contributed by atoms with Gasteiger partial charge in [-0.3, -0.25) is 4.79 Å². The van der Waals surface area contributed by atoms with Gasteiger partial charge < -0.3 is 9.88 Å². The lowest BCUT2D eigenvalue weighted by molar-refractivity contribution is 0.880. The number of H-pyrrole nitrogens is 1. The molecule has 0 atom stereocenters. The second kappa shape index (κ2) is 5.54. The van der Waals surface area contributed by atoms with Crippen LogP contribution in [0.1, 0.15) is 29.2 Å². The number of anilines is 1. The van der Waals surface area contributed by atoms with Crippen LogP contribution in [0.2, 0.25) is 0 Å². The molecule has 0 saturated heterocycles. The Morgan fingerprint density at radius 2 is 1.88 bits per heavy atom. The van der Waals surface area contributed by atoms with E-state index in [1.165, 1.54) is 16.7 Å². The summed E-state index contributed by atoms with van der Waals surface area (Å²) in [5, 5.41) is 10.5. The molecule has 0 amide bonds. The molecule has 3 aromatic rings. The van der Waals surface area contributed by atoms with E-state index in [0.717, 1.165) is 36.1 Å². The highest BCUT2D eigenvalue weighted by molar-refractivity contribution is 5.95. The standard InChI is InChI=1S/C20H17N3O/c1-2-13-7-8-18-16(9-13)19(17(10-21)20(24)22-18)23-11-14-5-3-4-6-15(14)12-23/h3-9H,2,11-12H2,1H3,(H,22,24). The van der Waals surface area contributed by atoms with Gasteiger partial charge in [-0.05, 0) is 35.2 Å². The number of rotatable bonds is 2. The summed E-state index contributed by atoms with van der Waals surface area (Å²) < 4.78 is 0. The van der Waals surface area contributed by atoms with Crippen LogP contribution >= 0.6 is 0 Å². The predicted octanol–water partition coefficient (Wildman–Crippen LogP) is 3.48. The summed E-state index contributed by atoms with van der Waals surface area (Å²) in [6.07, 6.45) is 0.913. The van der Waals surface area contributed by atoms with Gasteiger partial charge in [0.15, 0.2) is 0 Å². The Morgan fingerprint density at radius 1 is 1.17 bits per heavy atom. The fourth-order valence-corrected chi connectivity index (χ4v) is 3.47. The van der Waals surface area contributed by atoms with Gasteiger partial charge in [0.05, 0.1) is 11.2 Å². The predicted molar refractivity (Wildman–Crippen MR) is 95.0 cm³/mol. The van der Waals surface area contributed by atoms with Gasteiger partial charge in [0.25, 0.3) is 5.56 Å². The molecular weight excluding hydrogens is 298 g/mol. The van der Waals surface area contributed by atoms with Crippen molar-refractivity contribution in [1.82, 2.24) is 4.98 Å². The van der Waals surface area contributed by atoms with Crippen molar-refractivity contribution in [2.75, 3.05) is 4.90 Å². The maximum absolute atomic E-state index is 12.4. The first-order valence-electron chi connectivity index (χ1n) is 8.12. The van der Waals surface area contributed by atoms with E-state index in [1.807, 2.05) is 24.3 Å². The Bertz CT molecular complexity index is 1020. The number of pyridine rings is 1. The minimum absolute atomic E-state index is 0.198. The lowest BCUT2D eigenvalue weighted by Crippen LogP contribution is -2.22. The number of nitrogens with zero attached hydrogens (tertiary/aromatic N) is 2.